The fourth-order valence-electron chi connectivity index (χ4n) is 4.38. The predicted octanol–water partition coefficient (Wildman–Crippen LogP) is 3.93. The van der Waals surface area contributed by atoms with Crippen LogP contribution in [0.5, 0.6) is 0 Å². The second-order valence-electron chi connectivity index (χ2n) is 6.42. The molecule has 1 heterocycles. The van der Waals surface area contributed by atoms with Crippen LogP contribution in [-0.2, 0) is 0 Å². The Morgan fingerprint density at radius 3 is 2.65 bits per heavy atom. The second-order valence-corrected chi connectivity index (χ2v) is 6.42. The van der Waals surface area contributed by atoms with Gasteiger partial charge in [0.2, 0.25) is 0 Å². The number of rotatable bonds is 3. The number of hydrogen-bond acceptors (Lipinski definition) is 2. The maximum Gasteiger partial charge on any atom is 0.0702 e. The molecule has 0 amide bonds. The molecule has 1 aromatic carbocycles. The number of nitrogens with one attached hydrogen (secondary N) is 1. The van der Waals surface area contributed by atoms with Gasteiger partial charge in [-0.25, -0.2) is 0 Å². The maximum atomic E-state index is 4.64. The van der Waals surface area contributed by atoms with E-state index in [0.29, 0.717) is 6.04 Å². The Bertz CT molecular complexity index is 610. The van der Waals surface area contributed by atoms with Gasteiger partial charge in [0.1, 0.15) is 0 Å². The van der Waals surface area contributed by atoms with Gasteiger partial charge in [0.25, 0.3) is 0 Å². The van der Waals surface area contributed by atoms with E-state index in [1.165, 1.54) is 36.6 Å². The number of fused-ring (bicyclic) bond motifs is 2. The number of hydrogen-bond donors (Lipinski definition) is 1. The van der Waals surface area contributed by atoms with Crippen molar-refractivity contribution in [2.75, 3.05) is 7.05 Å². The fourth-order valence-corrected chi connectivity index (χ4v) is 4.38. The third-order valence-corrected chi connectivity index (χ3v) is 5.39. The van der Waals surface area contributed by atoms with Crippen LogP contribution in [0.1, 0.15) is 37.3 Å². The molecule has 0 radical (unpaired) electrons. The quantitative estimate of drug-likeness (QED) is 0.910. The van der Waals surface area contributed by atoms with Crippen molar-refractivity contribution in [1.82, 2.24) is 10.3 Å². The van der Waals surface area contributed by atoms with E-state index < -0.39 is 0 Å². The molecule has 2 nitrogen and oxygen atoms in total. The Kier molecular flexibility index (Phi) is 2.99. The van der Waals surface area contributed by atoms with Crippen molar-refractivity contribution < 1.29 is 0 Å². The summed E-state index contributed by atoms with van der Waals surface area (Å²) in [6.45, 7) is 0. The van der Waals surface area contributed by atoms with E-state index >= 15 is 0 Å². The van der Waals surface area contributed by atoms with Crippen LogP contribution >= 0.6 is 0 Å². The van der Waals surface area contributed by atoms with Gasteiger partial charge in [0.05, 0.1) is 5.52 Å². The van der Waals surface area contributed by atoms with Crippen LogP contribution in [0, 0.1) is 17.8 Å². The van der Waals surface area contributed by atoms with Crippen LogP contribution in [-0.4, -0.2) is 12.0 Å². The lowest BCUT2D eigenvalue weighted by Crippen LogP contribution is -2.20. The summed E-state index contributed by atoms with van der Waals surface area (Å²) in [5, 5.41) is 4.82. The smallest absolute Gasteiger partial charge is 0.0702 e. The SMILES string of the molecule is CNC(c1cnc2ccccc2c1)C1C2CCCCC21. The monoisotopic (exact) mass is 266 g/mol. The zero-order chi connectivity index (χ0) is 13.5. The molecule has 2 heteroatoms. The summed E-state index contributed by atoms with van der Waals surface area (Å²) >= 11 is 0. The standard InChI is InChI=1S/C18H22N2/c1-19-18(17-14-7-3-4-8-15(14)17)13-10-12-6-2-5-9-16(12)20-11-13/h2,5-6,9-11,14-15,17-19H,3-4,7-8H2,1H3. The highest BCUT2D eigenvalue weighted by Gasteiger charge is 2.54. The Morgan fingerprint density at radius 2 is 1.90 bits per heavy atom. The van der Waals surface area contributed by atoms with E-state index in [0.717, 1.165) is 23.3 Å². The van der Waals surface area contributed by atoms with Crippen molar-refractivity contribution in [1.29, 1.82) is 0 Å². The number of aromatic nitrogens is 1. The zero-order valence-corrected chi connectivity index (χ0v) is 12.0. The van der Waals surface area contributed by atoms with Gasteiger partial charge in [0.15, 0.2) is 0 Å². The average Bonchev–Trinajstić information content (AvgIpc) is 3.22. The van der Waals surface area contributed by atoms with Gasteiger partial charge in [-0.3, -0.25) is 4.98 Å². The highest BCUT2D eigenvalue weighted by molar-refractivity contribution is 5.78. The molecule has 2 fully saturated rings. The molecule has 2 saturated carbocycles. The van der Waals surface area contributed by atoms with Crippen LogP contribution in [0.2, 0.25) is 0 Å². The number of pyridine rings is 1. The van der Waals surface area contributed by atoms with Crippen molar-refractivity contribution >= 4 is 10.9 Å². The molecule has 1 aromatic heterocycles. The number of para-hydroxylation sites is 1. The molecule has 0 spiro atoms. The van der Waals surface area contributed by atoms with Crippen LogP contribution in [0.4, 0.5) is 0 Å². The third kappa shape index (κ3) is 1.94. The molecule has 0 bridgehead atoms. The minimum absolute atomic E-state index is 0.486. The normalized spacial score (nSPS) is 29.9. The molecule has 104 valence electrons. The Hall–Kier alpha value is -1.41. The summed E-state index contributed by atoms with van der Waals surface area (Å²) in [6.07, 6.45) is 7.82. The zero-order valence-electron chi connectivity index (χ0n) is 12.0. The third-order valence-electron chi connectivity index (χ3n) is 5.39. The van der Waals surface area contributed by atoms with Crippen LogP contribution in [0.3, 0.4) is 0 Å². The maximum absolute atomic E-state index is 4.64. The molecule has 0 saturated heterocycles. The summed E-state index contributed by atoms with van der Waals surface area (Å²) in [6, 6.07) is 11.2. The lowest BCUT2D eigenvalue weighted by molar-refractivity contribution is 0.480. The van der Waals surface area contributed by atoms with Crippen LogP contribution in [0.15, 0.2) is 36.5 Å². The molecular weight excluding hydrogens is 244 g/mol. The Balaban J connectivity index is 1.66. The van der Waals surface area contributed by atoms with Crippen molar-refractivity contribution in [3.63, 3.8) is 0 Å². The van der Waals surface area contributed by atoms with E-state index in [1.807, 2.05) is 0 Å². The van der Waals surface area contributed by atoms with Gasteiger partial charge in [0, 0.05) is 17.6 Å². The van der Waals surface area contributed by atoms with Crippen LogP contribution < -0.4 is 5.32 Å². The average molecular weight is 266 g/mol. The summed E-state index contributed by atoms with van der Waals surface area (Å²) < 4.78 is 0. The first-order chi connectivity index (χ1) is 9.88. The largest absolute Gasteiger partial charge is 0.313 e. The fraction of sp³-hybridized carbons (Fsp3) is 0.500. The molecule has 2 aromatic rings. The lowest BCUT2D eigenvalue weighted by Gasteiger charge is -2.17. The van der Waals surface area contributed by atoms with Gasteiger partial charge in [-0.05, 0) is 55.3 Å². The Morgan fingerprint density at radius 1 is 1.15 bits per heavy atom. The molecular formula is C18H22N2. The van der Waals surface area contributed by atoms with Gasteiger partial charge < -0.3 is 5.32 Å². The van der Waals surface area contributed by atoms with E-state index in [1.54, 1.807) is 0 Å². The highest BCUT2D eigenvalue weighted by atomic mass is 14.9. The summed E-state index contributed by atoms with van der Waals surface area (Å²) in [7, 11) is 2.10. The van der Waals surface area contributed by atoms with Gasteiger partial charge in [-0.15, -0.1) is 0 Å². The first-order valence-corrected chi connectivity index (χ1v) is 7.90. The minimum atomic E-state index is 0.486. The first-order valence-electron chi connectivity index (χ1n) is 7.90. The van der Waals surface area contributed by atoms with Crippen LogP contribution in [0.25, 0.3) is 10.9 Å². The molecule has 0 aliphatic heterocycles. The molecule has 3 atom stereocenters. The molecule has 2 aliphatic rings. The van der Waals surface area contributed by atoms with E-state index in [2.05, 4.69) is 53.9 Å². The van der Waals surface area contributed by atoms with E-state index in [-0.39, 0.29) is 0 Å². The molecule has 4 rings (SSSR count). The highest BCUT2D eigenvalue weighted by Crippen LogP contribution is 2.60. The lowest BCUT2D eigenvalue weighted by atomic mass is 10.00. The molecule has 20 heavy (non-hydrogen) atoms. The topological polar surface area (TPSA) is 24.9 Å². The Labute approximate surface area is 120 Å². The molecule has 1 N–H and O–H groups in total. The summed E-state index contributed by atoms with van der Waals surface area (Å²) in [5.41, 5.74) is 2.46. The van der Waals surface area contributed by atoms with Gasteiger partial charge >= 0.3 is 0 Å². The van der Waals surface area contributed by atoms with Crippen molar-refractivity contribution in [3.8, 4) is 0 Å². The van der Waals surface area contributed by atoms with E-state index in [9.17, 15) is 0 Å². The molecule has 2 aliphatic carbocycles. The van der Waals surface area contributed by atoms with E-state index in [4.69, 9.17) is 0 Å². The molecule has 3 unspecified atom stereocenters. The van der Waals surface area contributed by atoms with Crippen molar-refractivity contribution in [2.45, 2.75) is 31.7 Å². The minimum Gasteiger partial charge on any atom is -0.313 e. The van der Waals surface area contributed by atoms with Gasteiger partial charge in [-0.2, -0.15) is 0 Å². The summed E-state index contributed by atoms with van der Waals surface area (Å²) in [5.74, 6) is 2.77. The second kappa shape index (κ2) is 4.85. The van der Waals surface area contributed by atoms with Gasteiger partial charge in [-0.1, -0.05) is 31.0 Å². The van der Waals surface area contributed by atoms with Crippen molar-refractivity contribution in [3.05, 3.63) is 42.1 Å². The summed E-state index contributed by atoms with van der Waals surface area (Å²) in [4.78, 5) is 4.64. The predicted molar refractivity (Wildman–Crippen MR) is 82.5 cm³/mol. The van der Waals surface area contributed by atoms with Crippen molar-refractivity contribution in [2.24, 2.45) is 17.8 Å². The number of nitrogens with zero attached hydrogens (tertiary/aromatic N) is 1. The first kappa shape index (κ1) is 12.3. The number of benzene rings is 1.